The van der Waals surface area contributed by atoms with Gasteiger partial charge in [0.1, 0.15) is 17.6 Å². The fourth-order valence-electron chi connectivity index (χ4n) is 4.76. The van der Waals surface area contributed by atoms with E-state index in [9.17, 15) is 18.8 Å². The van der Waals surface area contributed by atoms with Crippen LogP contribution in [0.25, 0.3) is 0 Å². The summed E-state index contributed by atoms with van der Waals surface area (Å²) in [7, 11) is 0. The van der Waals surface area contributed by atoms with Crippen molar-refractivity contribution in [3.63, 3.8) is 0 Å². The van der Waals surface area contributed by atoms with E-state index in [-0.39, 0.29) is 36.4 Å². The summed E-state index contributed by atoms with van der Waals surface area (Å²) < 4.78 is 19.6. The van der Waals surface area contributed by atoms with Crippen LogP contribution >= 0.6 is 0 Å². The van der Waals surface area contributed by atoms with Crippen LogP contribution in [-0.4, -0.2) is 64.0 Å². The van der Waals surface area contributed by atoms with Crippen LogP contribution in [0.1, 0.15) is 41.7 Å². The van der Waals surface area contributed by atoms with Crippen LogP contribution in [0.2, 0.25) is 0 Å². The number of carbonyl (C=O) groups excluding carboxylic acids is 3. The number of halogens is 1. The van der Waals surface area contributed by atoms with Crippen molar-refractivity contribution < 1.29 is 23.5 Å². The fourth-order valence-corrected chi connectivity index (χ4v) is 4.76. The first-order valence-electron chi connectivity index (χ1n) is 11.7. The van der Waals surface area contributed by atoms with E-state index in [1.807, 2.05) is 11.0 Å². The molecule has 3 amide bonds. The quantitative estimate of drug-likeness (QED) is 0.729. The number of hydrogen-bond acceptors (Lipinski definition) is 5. The number of rotatable bonds is 5. The van der Waals surface area contributed by atoms with E-state index >= 15 is 0 Å². The van der Waals surface area contributed by atoms with Crippen molar-refractivity contribution in [1.82, 2.24) is 20.1 Å². The van der Waals surface area contributed by atoms with Gasteiger partial charge in [0.15, 0.2) is 0 Å². The molecule has 1 atom stereocenters. The molecule has 5 rings (SSSR count). The van der Waals surface area contributed by atoms with Crippen molar-refractivity contribution in [2.75, 3.05) is 19.7 Å². The highest BCUT2D eigenvalue weighted by atomic mass is 19.1. The first kappa shape index (κ1) is 22.5. The molecule has 1 aromatic heterocycles. The average molecular weight is 467 g/mol. The van der Waals surface area contributed by atoms with Gasteiger partial charge in [0, 0.05) is 43.6 Å². The van der Waals surface area contributed by atoms with E-state index in [4.69, 9.17) is 4.74 Å². The summed E-state index contributed by atoms with van der Waals surface area (Å²) in [5, 5.41) is 2.86. The summed E-state index contributed by atoms with van der Waals surface area (Å²) in [5.41, 5.74) is -0.00297. The number of amides is 3. The maximum Gasteiger partial charge on any atom is 0.256 e. The zero-order valence-corrected chi connectivity index (χ0v) is 18.8. The third-order valence-corrected chi connectivity index (χ3v) is 6.83. The van der Waals surface area contributed by atoms with Gasteiger partial charge in [0.25, 0.3) is 5.91 Å². The molecule has 9 heteroatoms. The minimum absolute atomic E-state index is 0.0531. The first-order valence-corrected chi connectivity index (χ1v) is 11.7. The average Bonchev–Trinajstić information content (AvgIpc) is 3.66. The lowest BCUT2D eigenvalue weighted by atomic mass is 9.96. The maximum atomic E-state index is 13.6. The van der Waals surface area contributed by atoms with Gasteiger partial charge >= 0.3 is 0 Å². The van der Waals surface area contributed by atoms with E-state index in [1.165, 1.54) is 29.2 Å². The number of nitrogens with one attached hydrogen (secondary N) is 1. The molecule has 1 aromatic carbocycles. The van der Waals surface area contributed by atoms with Crippen molar-refractivity contribution in [3.05, 3.63) is 65.7 Å². The minimum atomic E-state index is -0.987. The second-order valence-corrected chi connectivity index (χ2v) is 9.09. The minimum Gasteiger partial charge on any atom is -0.353 e. The van der Waals surface area contributed by atoms with Crippen molar-refractivity contribution >= 4 is 17.7 Å². The number of hydrogen-bond donors (Lipinski definition) is 1. The number of aromatic nitrogens is 1. The van der Waals surface area contributed by atoms with Crippen LogP contribution in [0.15, 0.2) is 48.7 Å². The van der Waals surface area contributed by atoms with E-state index in [0.717, 1.165) is 12.8 Å². The van der Waals surface area contributed by atoms with Gasteiger partial charge in [-0.2, -0.15) is 0 Å². The molecular weight excluding hydrogens is 439 g/mol. The monoisotopic (exact) mass is 466 g/mol. The summed E-state index contributed by atoms with van der Waals surface area (Å²) in [4.78, 5) is 46.9. The van der Waals surface area contributed by atoms with Crippen LogP contribution < -0.4 is 5.32 Å². The lowest BCUT2D eigenvalue weighted by Crippen LogP contribution is -2.59. The molecule has 178 valence electrons. The number of pyridine rings is 1. The Kier molecular flexibility index (Phi) is 6.03. The summed E-state index contributed by atoms with van der Waals surface area (Å²) in [6.45, 7) is 1.21. The van der Waals surface area contributed by atoms with Crippen molar-refractivity contribution in [1.29, 1.82) is 0 Å². The normalized spacial score (nSPS) is 21.5. The standard InChI is InChI=1S/C25H27FN4O4/c26-19-8-6-18(7-9-19)24(33)30-21(22(31)28-15-20-3-1-2-12-27-20)16-34-25(30)10-13-29(14-11-25)23(32)17-4-5-17/h1-3,6-9,12,17,21H,4-5,10-11,13-16H2,(H,28,31)/t21-/m1/s1. The fraction of sp³-hybridized carbons (Fsp3) is 0.440. The SMILES string of the molecule is O=C(NCc1ccccn1)[C@H]1COC2(CCN(C(=O)C3CC3)CC2)N1C(=O)c1ccc(F)cc1. The molecule has 0 unspecified atom stereocenters. The highest BCUT2D eigenvalue weighted by Gasteiger charge is 2.54. The van der Waals surface area contributed by atoms with Gasteiger partial charge in [-0.25, -0.2) is 4.39 Å². The third-order valence-electron chi connectivity index (χ3n) is 6.83. The van der Waals surface area contributed by atoms with Crippen LogP contribution in [-0.2, 0) is 20.9 Å². The number of likely N-dealkylation sites (tertiary alicyclic amines) is 1. The molecule has 3 fully saturated rings. The number of ether oxygens (including phenoxy) is 1. The van der Waals surface area contributed by atoms with Gasteiger partial charge in [0.2, 0.25) is 11.8 Å². The Hall–Kier alpha value is -3.33. The smallest absolute Gasteiger partial charge is 0.256 e. The van der Waals surface area contributed by atoms with Crippen LogP contribution in [0.4, 0.5) is 4.39 Å². The first-order chi connectivity index (χ1) is 16.5. The molecule has 0 radical (unpaired) electrons. The Morgan fingerprint density at radius 2 is 1.82 bits per heavy atom. The summed E-state index contributed by atoms with van der Waals surface area (Å²) in [6, 6.07) is 9.88. The second-order valence-electron chi connectivity index (χ2n) is 9.09. The Balaban J connectivity index is 1.36. The van der Waals surface area contributed by atoms with Crippen molar-refractivity contribution in [2.45, 2.75) is 44.0 Å². The highest BCUT2D eigenvalue weighted by molar-refractivity contribution is 5.98. The number of nitrogens with zero attached hydrogens (tertiary/aromatic N) is 3. The zero-order valence-electron chi connectivity index (χ0n) is 18.8. The van der Waals surface area contributed by atoms with E-state index in [2.05, 4.69) is 10.3 Å². The molecule has 8 nitrogen and oxygen atoms in total. The molecule has 1 aliphatic carbocycles. The topological polar surface area (TPSA) is 91.8 Å². The predicted molar refractivity (Wildman–Crippen MR) is 120 cm³/mol. The van der Waals surface area contributed by atoms with Gasteiger partial charge in [-0.15, -0.1) is 0 Å². The molecular formula is C25H27FN4O4. The third kappa shape index (κ3) is 4.40. The van der Waals surface area contributed by atoms with Crippen LogP contribution in [0.3, 0.4) is 0 Å². The summed E-state index contributed by atoms with van der Waals surface area (Å²) in [5.74, 6) is -0.887. The number of piperidine rings is 1. The van der Waals surface area contributed by atoms with Crippen molar-refractivity contribution in [2.24, 2.45) is 5.92 Å². The summed E-state index contributed by atoms with van der Waals surface area (Å²) >= 11 is 0. The molecule has 2 aromatic rings. The van der Waals surface area contributed by atoms with Gasteiger partial charge in [-0.3, -0.25) is 24.3 Å². The van der Waals surface area contributed by atoms with Crippen LogP contribution in [0.5, 0.6) is 0 Å². The molecule has 1 spiro atoms. The van der Waals surface area contributed by atoms with E-state index in [0.29, 0.717) is 31.6 Å². The second kappa shape index (κ2) is 9.13. The van der Waals surface area contributed by atoms with Gasteiger partial charge in [-0.1, -0.05) is 6.07 Å². The Morgan fingerprint density at radius 1 is 1.09 bits per heavy atom. The van der Waals surface area contributed by atoms with Gasteiger partial charge in [-0.05, 0) is 49.2 Å². The molecule has 2 aliphatic heterocycles. The number of benzene rings is 1. The lowest BCUT2D eigenvalue weighted by molar-refractivity contribution is -0.144. The molecule has 3 aliphatic rings. The van der Waals surface area contributed by atoms with E-state index in [1.54, 1.807) is 18.3 Å². The molecule has 2 saturated heterocycles. The predicted octanol–water partition coefficient (Wildman–Crippen LogP) is 2.11. The van der Waals surface area contributed by atoms with Crippen molar-refractivity contribution in [3.8, 4) is 0 Å². The number of carbonyl (C=O) groups is 3. The molecule has 34 heavy (non-hydrogen) atoms. The van der Waals surface area contributed by atoms with Gasteiger partial charge in [0.05, 0.1) is 18.8 Å². The van der Waals surface area contributed by atoms with Crippen LogP contribution in [0, 0.1) is 11.7 Å². The Labute approximate surface area is 197 Å². The largest absolute Gasteiger partial charge is 0.353 e. The maximum absolute atomic E-state index is 13.6. The Bertz CT molecular complexity index is 1070. The molecule has 1 N–H and O–H groups in total. The Morgan fingerprint density at radius 3 is 2.47 bits per heavy atom. The highest BCUT2D eigenvalue weighted by Crippen LogP contribution is 2.40. The lowest BCUT2D eigenvalue weighted by Gasteiger charge is -2.44. The molecule has 0 bridgehead atoms. The molecule has 1 saturated carbocycles. The van der Waals surface area contributed by atoms with E-state index < -0.39 is 23.5 Å². The summed E-state index contributed by atoms with van der Waals surface area (Å²) in [6.07, 6.45) is 4.36. The zero-order chi connectivity index (χ0) is 23.7. The molecule has 3 heterocycles. The van der Waals surface area contributed by atoms with Gasteiger partial charge < -0.3 is 15.0 Å².